The zero-order valence-corrected chi connectivity index (χ0v) is 17.5. The Morgan fingerprint density at radius 2 is 1.97 bits per heavy atom. The van der Waals surface area contributed by atoms with Crippen LogP contribution in [0.4, 0.5) is 10.1 Å². The van der Waals surface area contributed by atoms with Crippen molar-refractivity contribution in [3.05, 3.63) is 86.9 Å². The zero-order chi connectivity index (χ0) is 20.5. The molecule has 2 aromatic rings. The molecule has 0 fully saturated rings. The average molecular weight is 455 g/mol. The lowest BCUT2D eigenvalue weighted by atomic mass is 9.75. The number of ketones is 1. The van der Waals surface area contributed by atoms with Crippen molar-refractivity contribution in [1.82, 2.24) is 5.32 Å². The number of Topliss-reactive ketones (excluding diaryl/α,β-unsaturated/α-hetero) is 1. The first-order valence-corrected chi connectivity index (χ1v) is 10.3. The molecule has 0 bridgehead atoms. The lowest BCUT2D eigenvalue weighted by molar-refractivity contribution is -0.116. The minimum Gasteiger partial charge on any atom is -0.362 e. The van der Waals surface area contributed by atoms with Crippen LogP contribution in [-0.4, -0.2) is 11.7 Å². The Morgan fingerprint density at radius 3 is 2.72 bits per heavy atom. The number of hydrogen-bond donors (Lipinski definition) is 2. The van der Waals surface area contributed by atoms with Crippen molar-refractivity contribution in [3.63, 3.8) is 0 Å². The molecule has 2 aliphatic rings. The topological polar surface area (TPSA) is 58.2 Å². The molecule has 29 heavy (non-hydrogen) atoms. The fourth-order valence-corrected chi connectivity index (χ4v) is 4.47. The van der Waals surface area contributed by atoms with E-state index in [1.165, 1.54) is 12.1 Å². The average Bonchev–Trinajstić information content (AvgIpc) is 2.69. The summed E-state index contributed by atoms with van der Waals surface area (Å²) in [5.74, 6) is -1.37. The van der Waals surface area contributed by atoms with Crippen molar-refractivity contribution in [3.8, 4) is 0 Å². The maximum absolute atomic E-state index is 14.1. The quantitative estimate of drug-likeness (QED) is 0.670. The van der Waals surface area contributed by atoms with Gasteiger partial charge < -0.3 is 10.6 Å². The summed E-state index contributed by atoms with van der Waals surface area (Å²) in [7, 11) is 0. The number of anilines is 1. The van der Waals surface area contributed by atoms with Crippen LogP contribution in [0, 0.1) is 5.82 Å². The molecule has 1 amide bonds. The van der Waals surface area contributed by atoms with Gasteiger partial charge in [-0.25, -0.2) is 4.39 Å². The van der Waals surface area contributed by atoms with Crippen LogP contribution in [0.1, 0.15) is 37.7 Å². The Labute approximate surface area is 177 Å². The van der Waals surface area contributed by atoms with Gasteiger partial charge in [-0.15, -0.1) is 0 Å². The largest absolute Gasteiger partial charge is 0.362 e. The zero-order valence-electron chi connectivity index (χ0n) is 15.9. The van der Waals surface area contributed by atoms with Gasteiger partial charge >= 0.3 is 0 Å². The maximum atomic E-state index is 14.1. The second kappa shape index (κ2) is 7.95. The van der Waals surface area contributed by atoms with Crippen molar-refractivity contribution < 1.29 is 14.0 Å². The molecule has 148 valence electrons. The van der Waals surface area contributed by atoms with Crippen LogP contribution in [0.3, 0.4) is 0 Å². The molecule has 2 aromatic carbocycles. The molecule has 0 spiro atoms. The molecule has 4 rings (SSSR count). The van der Waals surface area contributed by atoms with E-state index in [2.05, 4.69) is 26.6 Å². The molecule has 2 N–H and O–H groups in total. The number of para-hydroxylation sites is 1. The number of allylic oxidation sites excluding steroid dienone is 3. The van der Waals surface area contributed by atoms with Crippen molar-refractivity contribution in [2.45, 2.75) is 32.1 Å². The van der Waals surface area contributed by atoms with E-state index in [-0.39, 0.29) is 11.5 Å². The second-order valence-electron chi connectivity index (χ2n) is 7.25. The van der Waals surface area contributed by atoms with Crippen LogP contribution < -0.4 is 10.6 Å². The normalized spacial score (nSPS) is 19.0. The minimum absolute atomic E-state index is 0.0485. The van der Waals surface area contributed by atoms with Gasteiger partial charge in [0.2, 0.25) is 0 Å². The third kappa shape index (κ3) is 3.77. The summed E-state index contributed by atoms with van der Waals surface area (Å²) in [4.78, 5) is 26.1. The van der Waals surface area contributed by atoms with Gasteiger partial charge in [0.1, 0.15) is 5.82 Å². The fourth-order valence-electron chi connectivity index (χ4n) is 4.06. The molecule has 0 aromatic heterocycles. The third-order valence-corrected chi connectivity index (χ3v) is 5.82. The van der Waals surface area contributed by atoms with Crippen molar-refractivity contribution in [2.24, 2.45) is 0 Å². The summed E-state index contributed by atoms with van der Waals surface area (Å²) in [6.07, 6.45) is 2.03. The van der Waals surface area contributed by atoms with Gasteiger partial charge in [-0.05, 0) is 49.6 Å². The molecule has 1 aliphatic carbocycles. The number of halogens is 2. The number of rotatable bonds is 3. The van der Waals surface area contributed by atoms with Crippen LogP contribution in [-0.2, 0) is 9.59 Å². The third-order valence-electron chi connectivity index (χ3n) is 5.32. The molecule has 1 atom stereocenters. The van der Waals surface area contributed by atoms with Crippen LogP contribution >= 0.6 is 15.9 Å². The van der Waals surface area contributed by atoms with Gasteiger partial charge in [-0.1, -0.05) is 40.2 Å². The highest BCUT2D eigenvalue weighted by atomic mass is 79.9. The minimum atomic E-state index is -0.504. The highest BCUT2D eigenvalue weighted by Crippen LogP contribution is 2.42. The predicted octanol–water partition coefficient (Wildman–Crippen LogP) is 5.19. The highest BCUT2D eigenvalue weighted by Gasteiger charge is 2.38. The standard InChI is InChI=1S/C23H20BrFN2O2/c1-13-20(23(29)27-17-9-3-2-8-16(17)25)21(14-6-4-7-15(24)12-14)22-18(26-13)10-5-11-19(22)28/h2-4,6-9,12,21,26H,5,10-11H2,1H3,(H,27,29)/t21-/m1/s1. The van der Waals surface area contributed by atoms with Gasteiger partial charge in [0, 0.05) is 39.4 Å². The SMILES string of the molecule is CC1=C(C(=O)Nc2ccccc2F)[C@@H](c2cccc(Br)c2)C2=C(CCCC2=O)N1. The molecule has 0 radical (unpaired) electrons. The number of dihydropyridines is 1. The number of carbonyl (C=O) groups excluding carboxylic acids is 2. The molecule has 0 saturated heterocycles. The molecule has 0 unspecified atom stereocenters. The Hall–Kier alpha value is -2.73. The maximum Gasteiger partial charge on any atom is 0.254 e. The Morgan fingerprint density at radius 1 is 1.17 bits per heavy atom. The smallest absolute Gasteiger partial charge is 0.254 e. The molecule has 0 saturated carbocycles. The number of amides is 1. The monoisotopic (exact) mass is 454 g/mol. The summed E-state index contributed by atoms with van der Waals surface area (Å²) < 4.78 is 15.0. The Bertz CT molecular complexity index is 1070. The van der Waals surface area contributed by atoms with Gasteiger partial charge in [0.25, 0.3) is 5.91 Å². The second-order valence-corrected chi connectivity index (χ2v) is 8.17. The predicted molar refractivity (Wildman–Crippen MR) is 114 cm³/mol. The summed E-state index contributed by atoms with van der Waals surface area (Å²) in [6, 6.07) is 13.7. The van der Waals surface area contributed by atoms with Crippen LogP contribution in [0.2, 0.25) is 0 Å². The first kappa shape index (κ1) is 19.6. The van der Waals surface area contributed by atoms with E-state index in [0.29, 0.717) is 23.3 Å². The number of benzene rings is 2. The number of carbonyl (C=O) groups is 2. The van der Waals surface area contributed by atoms with Crippen LogP contribution in [0.15, 0.2) is 75.5 Å². The molecular weight excluding hydrogens is 435 g/mol. The van der Waals surface area contributed by atoms with Crippen LogP contribution in [0.5, 0.6) is 0 Å². The van der Waals surface area contributed by atoms with E-state index in [9.17, 15) is 14.0 Å². The summed E-state index contributed by atoms with van der Waals surface area (Å²) in [5, 5.41) is 5.94. The van der Waals surface area contributed by atoms with Crippen molar-refractivity contribution in [2.75, 3.05) is 5.32 Å². The summed E-state index contributed by atoms with van der Waals surface area (Å²) in [5.41, 5.74) is 3.59. The van der Waals surface area contributed by atoms with E-state index < -0.39 is 17.6 Å². The molecular formula is C23H20BrFN2O2. The molecule has 1 heterocycles. The van der Waals surface area contributed by atoms with Gasteiger partial charge in [0.05, 0.1) is 5.69 Å². The summed E-state index contributed by atoms with van der Waals surface area (Å²) in [6.45, 7) is 1.82. The number of nitrogens with one attached hydrogen (secondary N) is 2. The fraction of sp³-hybridized carbons (Fsp3) is 0.217. The number of hydrogen-bond acceptors (Lipinski definition) is 3. The Balaban J connectivity index is 1.81. The first-order valence-electron chi connectivity index (χ1n) is 9.51. The van der Waals surface area contributed by atoms with Crippen molar-refractivity contribution >= 4 is 33.3 Å². The highest BCUT2D eigenvalue weighted by molar-refractivity contribution is 9.10. The van der Waals surface area contributed by atoms with Crippen LogP contribution in [0.25, 0.3) is 0 Å². The summed E-state index contributed by atoms with van der Waals surface area (Å²) >= 11 is 3.48. The molecule has 4 nitrogen and oxygen atoms in total. The van der Waals surface area contributed by atoms with Gasteiger partial charge in [0.15, 0.2) is 5.78 Å². The van der Waals surface area contributed by atoms with E-state index in [1.807, 2.05) is 31.2 Å². The van der Waals surface area contributed by atoms with E-state index >= 15 is 0 Å². The van der Waals surface area contributed by atoms with E-state index in [4.69, 9.17) is 0 Å². The first-order chi connectivity index (χ1) is 14.0. The van der Waals surface area contributed by atoms with Gasteiger partial charge in [-0.3, -0.25) is 9.59 Å². The molecule has 6 heteroatoms. The Kier molecular flexibility index (Phi) is 5.37. The van der Waals surface area contributed by atoms with E-state index in [0.717, 1.165) is 28.6 Å². The van der Waals surface area contributed by atoms with E-state index in [1.54, 1.807) is 12.1 Å². The lowest BCUT2D eigenvalue weighted by Crippen LogP contribution is -2.35. The van der Waals surface area contributed by atoms with Crippen molar-refractivity contribution in [1.29, 1.82) is 0 Å². The molecule has 1 aliphatic heterocycles. The van der Waals surface area contributed by atoms with Gasteiger partial charge in [-0.2, -0.15) is 0 Å². The lowest BCUT2D eigenvalue weighted by Gasteiger charge is -2.34.